The van der Waals surface area contributed by atoms with Gasteiger partial charge in [-0.1, -0.05) is 140 Å². The summed E-state index contributed by atoms with van der Waals surface area (Å²) in [7, 11) is 4.89. The van der Waals surface area contributed by atoms with E-state index < -0.39 is 24.2 Å². The van der Waals surface area contributed by atoms with E-state index in [-0.39, 0.29) is 72.2 Å². The van der Waals surface area contributed by atoms with Crippen molar-refractivity contribution in [1.82, 2.24) is 30.7 Å². The molecule has 0 saturated carbocycles. The monoisotopic (exact) mass is 965 g/mol. The molecule has 0 aromatic heterocycles. The van der Waals surface area contributed by atoms with Crippen LogP contribution in [-0.4, -0.2) is 147 Å². The van der Waals surface area contributed by atoms with E-state index in [1.807, 2.05) is 66.4 Å². The summed E-state index contributed by atoms with van der Waals surface area (Å²) in [5.74, 6) is -1.01. The third-order valence-corrected chi connectivity index (χ3v) is 11.6. The summed E-state index contributed by atoms with van der Waals surface area (Å²) in [5.41, 5.74) is 0.661. The molecule has 2 aliphatic heterocycles. The first-order chi connectivity index (χ1) is 32.1. The van der Waals surface area contributed by atoms with Gasteiger partial charge in [-0.3, -0.25) is 28.9 Å². The average molecular weight is 965 g/mol. The van der Waals surface area contributed by atoms with Crippen LogP contribution in [0.4, 0.5) is 0 Å². The average Bonchev–Trinajstić information content (AvgIpc) is 3.78. The smallest absolute Gasteiger partial charge is 0.293 e. The van der Waals surface area contributed by atoms with Crippen LogP contribution in [-0.2, 0) is 38.2 Å². The van der Waals surface area contributed by atoms with Crippen molar-refractivity contribution in [2.24, 2.45) is 17.8 Å². The van der Waals surface area contributed by atoms with E-state index >= 15 is 0 Å². The quantitative estimate of drug-likeness (QED) is 0.0668. The topological polar surface area (TPSA) is 159 Å². The zero-order chi connectivity index (χ0) is 53.0. The summed E-state index contributed by atoms with van der Waals surface area (Å²) >= 11 is 0. The van der Waals surface area contributed by atoms with Gasteiger partial charge in [0.15, 0.2) is 0 Å². The van der Waals surface area contributed by atoms with Gasteiger partial charge in [0.1, 0.15) is 5.60 Å². The molecule has 2 rings (SSSR count). The summed E-state index contributed by atoms with van der Waals surface area (Å²) in [4.78, 5) is 69.6. The Labute approximate surface area is 416 Å². The number of hydrogen-bond acceptors (Lipinski definition) is 10. The first kappa shape index (κ1) is 68.7. The van der Waals surface area contributed by atoms with Crippen molar-refractivity contribution < 1.29 is 38.2 Å². The first-order valence-corrected chi connectivity index (χ1v) is 25.7. The molecule has 68 heavy (non-hydrogen) atoms. The Morgan fingerprint density at radius 3 is 1.82 bits per heavy atom. The lowest BCUT2D eigenvalue weighted by Gasteiger charge is -2.39. The van der Waals surface area contributed by atoms with Crippen LogP contribution in [0.5, 0.6) is 0 Å². The summed E-state index contributed by atoms with van der Waals surface area (Å²) < 4.78 is 16.4. The van der Waals surface area contributed by atoms with Gasteiger partial charge in [0.2, 0.25) is 23.6 Å². The van der Waals surface area contributed by atoms with Crippen LogP contribution in [0.2, 0.25) is 0 Å². The number of unbranched alkanes of at least 4 members (excludes halogenated alkanes) is 1. The van der Waals surface area contributed by atoms with Crippen LogP contribution in [0.1, 0.15) is 162 Å². The van der Waals surface area contributed by atoms with Crippen LogP contribution >= 0.6 is 0 Å². The largest absolute Gasteiger partial charge is 0.462 e. The number of ether oxygens (including phenoxy) is 3. The molecule has 3 N–H and O–H groups in total. The van der Waals surface area contributed by atoms with Gasteiger partial charge in [0, 0.05) is 60.0 Å². The third kappa shape index (κ3) is 28.2. The van der Waals surface area contributed by atoms with Crippen LogP contribution < -0.4 is 16.0 Å². The van der Waals surface area contributed by atoms with Crippen molar-refractivity contribution >= 4 is 30.1 Å². The van der Waals surface area contributed by atoms with Crippen LogP contribution in [0.25, 0.3) is 0 Å². The van der Waals surface area contributed by atoms with Gasteiger partial charge in [0.25, 0.3) is 6.47 Å². The summed E-state index contributed by atoms with van der Waals surface area (Å²) in [5, 5.41) is 9.32. The molecule has 398 valence electrons. The minimum absolute atomic E-state index is 0.0198. The molecular weight excluding hydrogens is 861 g/mol. The van der Waals surface area contributed by atoms with Gasteiger partial charge in [-0.25, -0.2) is 0 Å². The number of likely N-dealkylation sites (tertiary alicyclic amines) is 1. The van der Waals surface area contributed by atoms with Crippen LogP contribution in [0.15, 0.2) is 37.0 Å². The number of amides is 4. The second kappa shape index (κ2) is 40.2. The maximum absolute atomic E-state index is 14.0. The zero-order valence-corrected chi connectivity index (χ0v) is 46.6. The maximum Gasteiger partial charge on any atom is 0.293 e. The highest BCUT2D eigenvalue weighted by atomic mass is 16.5. The number of nitrogens with zero attached hydrogens (tertiary/aromatic N) is 3. The molecule has 2 fully saturated rings. The summed E-state index contributed by atoms with van der Waals surface area (Å²) in [6.45, 7) is 41.9. The SMILES string of the molecule is C=C/C=C(\C=C)CC(C)NC(=O)C(C)C(OC)C1CCCN1C(=O)CC(OC)C(C(C)CC)N(C)C(=O)CNC(=O)C(C(C)C)N1CCNCC1.CC(C)(C)OC=O.CCC.CCC.CCCC. The first-order valence-electron chi connectivity index (χ1n) is 25.7. The Morgan fingerprint density at radius 2 is 1.41 bits per heavy atom. The molecule has 2 heterocycles. The third-order valence-electron chi connectivity index (χ3n) is 11.6. The Bertz CT molecular complexity index is 1410. The minimum atomic E-state index is -0.576. The second-order valence-corrected chi connectivity index (χ2v) is 19.4. The molecule has 2 saturated heterocycles. The molecule has 0 aliphatic carbocycles. The summed E-state index contributed by atoms with van der Waals surface area (Å²) in [6, 6.07) is -1.11. The molecule has 2 aliphatic rings. The molecule has 0 radical (unpaired) electrons. The molecule has 8 atom stereocenters. The molecular formula is C54H104N6O8. The molecule has 14 heteroatoms. The fourth-order valence-corrected chi connectivity index (χ4v) is 7.86. The molecule has 0 aromatic carbocycles. The number of likely N-dealkylation sites (N-methyl/N-ethyl adjacent to an activating group) is 1. The fraction of sp³-hybridized carbons (Fsp3) is 0.796. The van der Waals surface area contributed by atoms with Gasteiger partial charge in [-0.2, -0.15) is 0 Å². The lowest BCUT2D eigenvalue weighted by Crippen LogP contribution is -2.57. The van der Waals surface area contributed by atoms with E-state index in [4.69, 9.17) is 9.47 Å². The van der Waals surface area contributed by atoms with Crippen LogP contribution in [0.3, 0.4) is 0 Å². The van der Waals surface area contributed by atoms with E-state index in [0.29, 0.717) is 19.4 Å². The number of allylic oxidation sites excluding steroid dienone is 3. The Hall–Kier alpha value is -3.59. The zero-order valence-electron chi connectivity index (χ0n) is 46.6. The lowest BCUT2D eigenvalue weighted by atomic mass is 9.90. The van der Waals surface area contributed by atoms with Crippen molar-refractivity contribution in [2.75, 3.05) is 60.5 Å². The Kier molecular flexibility index (Phi) is 40.6. The molecule has 14 nitrogen and oxygen atoms in total. The lowest BCUT2D eigenvalue weighted by molar-refractivity contribution is -0.146. The van der Waals surface area contributed by atoms with Gasteiger partial charge in [-0.05, 0) is 64.4 Å². The van der Waals surface area contributed by atoms with Crippen LogP contribution in [0, 0.1) is 17.8 Å². The Morgan fingerprint density at radius 1 is 0.853 bits per heavy atom. The summed E-state index contributed by atoms with van der Waals surface area (Å²) in [6.07, 6.45) is 12.4. The number of methoxy groups -OCH3 is 2. The highest BCUT2D eigenvalue weighted by Gasteiger charge is 2.42. The van der Waals surface area contributed by atoms with E-state index in [1.54, 1.807) is 38.3 Å². The maximum atomic E-state index is 14.0. The van der Waals surface area contributed by atoms with Crippen molar-refractivity contribution in [1.29, 1.82) is 0 Å². The fourth-order valence-electron chi connectivity index (χ4n) is 7.86. The minimum Gasteiger partial charge on any atom is -0.462 e. The number of carbonyl (C=O) groups is 5. The second-order valence-electron chi connectivity index (χ2n) is 19.4. The molecule has 8 unspecified atom stereocenters. The number of rotatable bonds is 23. The number of nitrogens with one attached hydrogen (secondary N) is 3. The number of hydrogen-bond donors (Lipinski definition) is 3. The van der Waals surface area contributed by atoms with Crippen molar-refractivity contribution in [3.8, 4) is 0 Å². The predicted octanol–water partition coefficient (Wildman–Crippen LogP) is 8.74. The number of carbonyl (C=O) groups excluding carboxylic acids is 5. The van der Waals surface area contributed by atoms with Crippen molar-refractivity contribution in [3.05, 3.63) is 37.0 Å². The Balaban J connectivity index is -0.00000212. The van der Waals surface area contributed by atoms with E-state index in [9.17, 15) is 24.0 Å². The molecule has 4 amide bonds. The van der Waals surface area contributed by atoms with E-state index in [1.165, 1.54) is 25.7 Å². The van der Waals surface area contributed by atoms with Gasteiger partial charge in [-0.15, -0.1) is 0 Å². The van der Waals surface area contributed by atoms with Crippen molar-refractivity contribution in [2.45, 2.75) is 204 Å². The van der Waals surface area contributed by atoms with Gasteiger partial charge < -0.3 is 40.0 Å². The standard InChI is InChI=1S/C39H68N6O6.C5H10O2.C4H10.2C3H8/c1-12-16-30(14-3)23-28(7)42-38(48)29(8)37(51-11)31-17-15-20-45(31)33(46)24-32(50-10)36(27(6)13-2)43(9)34(47)25-41-39(49)35(26(4)5)44-21-18-40-19-22-44;1-5(2,3)7-4-6;1-3-4-2;2*1-3-2/h12,14,16,26-29,31-32,35-37,40H,1,3,13,15,17-25H2,2,4-11H3,(H,41,49)(H,42,48);4H,1-3H3;3-4H2,1-2H3;2*3H2,1-2H3/b30-16+;;;;. The highest BCUT2D eigenvalue weighted by molar-refractivity contribution is 5.88. The van der Waals surface area contributed by atoms with E-state index in [0.717, 1.165) is 51.0 Å². The normalized spacial score (nSPS) is 18.0. The molecule has 0 spiro atoms. The molecule has 0 aromatic rings. The molecule has 0 bridgehead atoms. The van der Waals surface area contributed by atoms with Gasteiger partial charge >= 0.3 is 0 Å². The van der Waals surface area contributed by atoms with Crippen molar-refractivity contribution in [3.63, 3.8) is 0 Å². The number of piperazine rings is 1. The van der Waals surface area contributed by atoms with Gasteiger partial charge in [0.05, 0.1) is 49.2 Å². The predicted molar refractivity (Wildman–Crippen MR) is 282 cm³/mol. The van der Waals surface area contributed by atoms with E-state index in [2.05, 4.69) is 87.2 Å². The highest BCUT2D eigenvalue weighted by Crippen LogP contribution is 2.29.